The van der Waals surface area contributed by atoms with Crippen molar-refractivity contribution in [1.29, 1.82) is 0 Å². The van der Waals surface area contributed by atoms with E-state index in [4.69, 9.17) is 9.47 Å². The van der Waals surface area contributed by atoms with Crippen LogP contribution in [0.4, 0.5) is 0 Å². The van der Waals surface area contributed by atoms with Crippen LogP contribution in [0.5, 0.6) is 0 Å². The third-order valence-electron chi connectivity index (χ3n) is 7.26. The van der Waals surface area contributed by atoms with E-state index in [2.05, 4.69) is 29.6 Å². The summed E-state index contributed by atoms with van der Waals surface area (Å²) in [7, 11) is 1.91. The van der Waals surface area contributed by atoms with Crippen molar-refractivity contribution in [3.8, 4) is 0 Å². The Morgan fingerprint density at radius 1 is 1.09 bits per heavy atom. The number of thiophene rings is 1. The van der Waals surface area contributed by atoms with E-state index in [0.29, 0.717) is 18.8 Å². The van der Waals surface area contributed by atoms with Crippen molar-refractivity contribution in [2.75, 3.05) is 7.05 Å². The molecule has 0 spiro atoms. The highest BCUT2D eigenvalue weighted by Crippen LogP contribution is 2.39. The molecule has 3 aromatic rings. The molecule has 1 amide bonds. The van der Waals surface area contributed by atoms with Gasteiger partial charge in [0.1, 0.15) is 0 Å². The minimum atomic E-state index is -0.514. The van der Waals surface area contributed by atoms with Crippen molar-refractivity contribution in [2.24, 2.45) is 0 Å². The molecule has 6 heteroatoms. The molecule has 2 aliphatic rings. The lowest BCUT2D eigenvalue weighted by Gasteiger charge is -2.34. The zero-order valence-electron chi connectivity index (χ0n) is 20.2. The predicted octanol–water partition coefficient (Wildman–Crippen LogP) is 6.12. The van der Waals surface area contributed by atoms with E-state index in [0.717, 1.165) is 24.0 Å². The summed E-state index contributed by atoms with van der Waals surface area (Å²) in [6.07, 6.45) is 7.85. The number of carbonyl (C=O) groups excluding carboxylic acids is 1. The monoisotopic (exact) mass is 491 g/mol. The van der Waals surface area contributed by atoms with Gasteiger partial charge in [0, 0.05) is 30.1 Å². The Balaban J connectivity index is 1.38. The Hall–Kier alpha value is -2.67. The number of carbonyl (C=O) groups is 1. The highest BCUT2D eigenvalue weighted by Gasteiger charge is 2.33. The van der Waals surface area contributed by atoms with Crippen molar-refractivity contribution in [3.63, 3.8) is 0 Å². The van der Waals surface area contributed by atoms with Gasteiger partial charge in [0.15, 0.2) is 5.76 Å². The Bertz CT molecular complexity index is 1180. The van der Waals surface area contributed by atoms with Gasteiger partial charge in [-0.15, -0.1) is 11.3 Å². The van der Waals surface area contributed by atoms with Crippen LogP contribution >= 0.6 is 11.3 Å². The SMILES string of the molecule is CN(C(=O)C1=C[C@H](c2csc3ccccc23)C[C@H](OCc2ccc(CO)cc2)O1)C1CCCCC1. The Morgan fingerprint density at radius 3 is 2.60 bits per heavy atom. The number of likely N-dealkylation sites (N-methyl/N-ethyl adjacent to an activating group) is 1. The quantitative estimate of drug-likeness (QED) is 0.433. The number of allylic oxidation sites excluding steroid dienone is 1. The maximum Gasteiger partial charge on any atom is 0.288 e. The van der Waals surface area contributed by atoms with Gasteiger partial charge < -0.3 is 19.5 Å². The van der Waals surface area contributed by atoms with Crippen molar-refractivity contribution >= 4 is 27.3 Å². The van der Waals surface area contributed by atoms with E-state index in [1.165, 1.54) is 34.9 Å². The molecule has 5 rings (SSSR count). The minimum absolute atomic E-state index is 0.0218. The molecule has 0 saturated heterocycles. The molecule has 0 unspecified atom stereocenters. The molecule has 0 radical (unpaired) electrons. The molecule has 1 aliphatic carbocycles. The Morgan fingerprint density at radius 2 is 1.83 bits per heavy atom. The van der Waals surface area contributed by atoms with Crippen LogP contribution in [0.1, 0.15) is 61.1 Å². The first-order valence-corrected chi connectivity index (χ1v) is 13.4. The molecule has 1 N–H and O–H groups in total. The second-order valence-corrected chi connectivity index (χ2v) is 10.5. The molecule has 2 heterocycles. The zero-order valence-corrected chi connectivity index (χ0v) is 21.0. The number of rotatable bonds is 7. The van der Waals surface area contributed by atoms with E-state index in [-0.39, 0.29) is 24.5 Å². The van der Waals surface area contributed by atoms with Gasteiger partial charge in [-0.2, -0.15) is 0 Å². The average molecular weight is 492 g/mol. The second-order valence-electron chi connectivity index (χ2n) is 9.60. The van der Waals surface area contributed by atoms with E-state index in [1.54, 1.807) is 11.3 Å². The number of fused-ring (bicyclic) bond motifs is 1. The third kappa shape index (κ3) is 5.45. The van der Waals surface area contributed by atoms with Gasteiger partial charge >= 0.3 is 0 Å². The van der Waals surface area contributed by atoms with Crippen molar-refractivity contribution in [1.82, 2.24) is 4.90 Å². The van der Waals surface area contributed by atoms with Crippen molar-refractivity contribution in [3.05, 3.63) is 82.4 Å². The first kappa shape index (κ1) is 24.0. The van der Waals surface area contributed by atoms with E-state index in [9.17, 15) is 9.90 Å². The molecule has 184 valence electrons. The lowest BCUT2D eigenvalue weighted by Crippen LogP contribution is -2.41. The number of ether oxygens (including phenoxy) is 2. The fourth-order valence-corrected chi connectivity index (χ4v) is 6.18. The molecule has 1 aliphatic heterocycles. The zero-order chi connectivity index (χ0) is 24.2. The van der Waals surface area contributed by atoms with Gasteiger partial charge in [0.2, 0.25) is 6.29 Å². The highest BCUT2D eigenvalue weighted by atomic mass is 32.1. The maximum atomic E-state index is 13.5. The van der Waals surface area contributed by atoms with Gasteiger partial charge in [-0.25, -0.2) is 0 Å². The number of nitrogens with zero attached hydrogens (tertiary/aromatic N) is 1. The molecule has 5 nitrogen and oxygen atoms in total. The summed E-state index contributed by atoms with van der Waals surface area (Å²) in [6.45, 7) is 0.404. The normalized spacial score (nSPS) is 20.9. The summed E-state index contributed by atoms with van der Waals surface area (Å²) in [5, 5.41) is 12.7. The molecular weight excluding hydrogens is 458 g/mol. The predicted molar refractivity (Wildman–Crippen MR) is 139 cm³/mol. The van der Waals surface area contributed by atoms with Gasteiger partial charge in [-0.05, 0) is 52.4 Å². The van der Waals surface area contributed by atoms with E-state index >= 15 is 0 Å². The molecule has 2 atom stereocenters. The second kappa shape index (κ2) is 10.9. The standard InChI is InChI=1S/C29H33NO4S/c1-30(23-7-3-2-4-8-23)29(32)26-15-22(25-19-35-27-10-6-5-9-24(25)27)16-28(34-26)33-18-21-13-11-20(17-31)12-14-21/h5-6,9-15,19,22-23,28,31H,2-4,7-8,16-18H2,1H3/t22-,28+/m0/s1. The largest absolute Gasteiger partial charge is 0.459 e. The van der Waals surface area contributed by atoms with Crippen LogP contribution in [0.25, 0.3) is 10.1 Å². The van der Waals surface area contributed by atoms with Crippen LogP contribution in [0, 0.1) is 0 Å². The lowest BCUT2D eigenvalue weighted by atomic mass is 9.91. The molecular formula is C29H33NO4S. The number of hydrogen-bond donors (Lipinski definition) is 1. The van der Waals surface area contributed by atoms with Crippen LogP contribution < -0.4 is 0 Å². The maximum absolute atomic E-state index is 13.5. The van der Waals surface area contributed by atoms with Crippen LogP contribution in [0.2, 0.25) is 0 Å². The van der Waals surface area contributed by atoms with Gasteiger partial charge in [0.05, 0.1) is 13.2 Å². The first-order valence-electron chi connectivity index (χ1n) is 12.5. The number of aliphatic hydroxyl groups is 1. The molecule has 0 bridgehead atoms. The summed E-state index contributed by atoms with van der Waals surface area (Å²) in [4.78, 5) is 15.4. The van der Waals surface area contributed by atoms with Gasteiger partial charge in [-0.3, -0.25) is 4.79 Å². The van der Waals surface area contributed by atoms with Crippen molar-refractivity contribution in [2.45, 2.75) is 70.0 Å². The van der Waals surface area contributed by atoms with Crippen LogP contribution in [0.15, 0.2) is 65.7 Å². The van der Waals surface area contributed by atoms with Crippen LogP contribution in [-0.4, -0.2) is 35.3 Å². The smallest absolute Gasteiger partial charge is 0.288 e. The summed E-state index contributed by atoms with van der Waals surface area (Å²) in [6, 6.07) is 16.4. The van der Waals surface area contributed by atoms with Gasteiger partial charge in [0.25, 0.3) is 5.91 Å². The lowest BCUT2D eigenvalue weighted by molar-refractivity contribution is -0.156. The summed E-state index contributed by atoms with van der Waals surface area (Å²) in [5.41, 5.74) is 3.10. The van der Waals surface area contributed by atoms with E-state index in [1.807, 2.05) is 42.3 Å². The molecule has 1 saturated carbocycles. The van der Waals surface area contributed by atoms with Crippen LogP contribution in [0.3, 0.4) is 0 Å². The summed E-state index contributed by atoms with van der Waals surface area (Å²) in [5.74, 6) is 0.382. The number of benzene rings is 2. The van der Waals surface area contributed by atoms with Crippen molar-refractivity contribution < 1.29 is 19.4 Å². The third-order valence-corrected chi connectivity index (χ3v) is 8.24. The molecule has 1 aromatic heterocycles. The average Bonchev–Trinajstić information content (AvgIpc) is 3.36. The molecule has 35 heavy (non-hydrogen) atoms. The Kier molecular flexibility index (Phi) is 7.51. The van der Waals surface area contributed by atoms with E-state index < -0.39 is 6.29 Å². The first-order chi connectivity index (χ1) is 17.1. The molecule has 2 aromatic carbocycles. The Labute approximate surface area is 211 Å². The number of amides is 1. The highest BCUT2D eigenvalue weighted by molar-refractivity contribution is 7.17. The number of hydrogen-bond acceptors (Lipinski definition) is 5. The molecule has 1 fully saturated rings. The summed E-state index contributed by atoms with van der Waals surface area (Å²) >= 11 is 1.73. The fraction of sp³-hybridized carbons (Fsp3) is 0.414. The fourth-order valence-electron chi connectivity index (χ4n) is 5.15. The minimum Gasteiger partial charge on any atom is -0.459 e. The topological polar surface area (TPSA) is 59.0 Å². The van der Waals surface area contributed by atoms with Gasteiger partial charge in [-0.1, -0.05) is 61.7 Å². The van der Waals surface area contributed by atoms with Crippen LogP contribution in [-0.2, 0) is 27.5 Å². The summed E-state index contributed by atoms with van der Waals surface area (Å²) < 4.78 is 13.6. The number of aliphatic hydroxyl groups excluding tert-OH is 1.